The van der Waals surface area contributed by atoms with Gasteiger partial charge < -0.3 is 13.7 Å². The van der Waals surface area contributed by atoms with Crippen LogP contribution < -0.4 is 4.74 Å². The Morgan fingerprint density at radius 3 is 2.72 bits per heavy atom. The summed E-state index contributed by atoms with van der Waals surface area (Å²) in [7, 11) is 0. The van der Waals surface area contributed by atoms with Gasteiger partial charge in [0.05, 0.1) is 16.6 Å². The third-order valence-electron chi connectivity index (χ3n) is 5.26. The Morgan fingerprint density at radius 1 is 1.14 bits per heavy atom. The van der Waals surface area contributed by atoms with Crippen LogP contribution in [-0.4, -0.2) is 20.3 Å². The first-order valence-electron chi connectivity index (χ1n) is 9.68. The Hall–Kier alpha value is -3.29. The lowest BCUT2D eigenvalue weighted by Gasteiger charge is -2.10. The zero-order valence-corrected chi connectivity index (χ0v) is 15.8. The molecule has 5 rings (SSSR count). The van der Waals surface area contributed by atoms with Gasteiger partial charge >= 0.3 is 0 Å². The topological polar surface area (TPSA) is 87.1 Å². The molecule has 148 valence electrons. The normalized spacial score (nSPS) is 15.8. The largest absolute Gasteiger partial charge is 0.481 e. The SMILES string of the molecule is C[C@@H](Oc1ccc(F)cc1)c1nnc(-c2cnc3onc(C4CCCC4)c3c2)o1. The Kier molecular flexibility index (Phi) is 4.46. The van der Waals surface area contributed by atoms with Crippen LogP contribution >= 0.6 is 0 Å². The molecule has 7 nitrogen and oxygen atoms in total. The van der Waals surface area contributed by atoms with Crippen LogP contribution in [-0.2, 0) is 0 Å². The molecular formula is C21H19FN4O3. The summed E-state index contributed by atoms with van der Waals surface area (Å²) in [5.74, 6) is 1.29. The van der Waals surface area contributed by atoms with Gasteiger partial charge in [-0.2, -0.15) is 0 Å². The predicted molar refractivity (Wildman–Crippen MR) is 102 cm³/mol. The Labute approximate surface area is 165 Å². The minimum absolute atomic E-state index is 0.321. The lowest BCUT2D eigenvalue weighted by molar-refractivity contribution is 0.189. The van der Waals surface area contributed by atoms with E-state index in [0.717, 1.165) is 23.9 Å². The van der Waals surface area contributed by atoms with Gasteiger partial charge in [-0.3, -0.25) is 0 Å². The van der Waals surface area contributed by atoms with E-state index >= 15 is 0 Å². The van der Waals surface area contributed by atoms with Crippen molar-refractivity contribution in [3.8, 4) is 17.2 Å². The first kappa shape index (κ1) is 17.8. The number of hydrogen-bond acceptors (Lipinski definition) is 7. The molecule has 1 fully saturated rings. The maximum atomic E-state index is 13.0. The number of benzene rings is 1. The molecule has 0 bridgehead atoms. The average Bonchev–Trinajstić information content (AvgIpc) is 3.49. The first-order chi connectivity index (χ1) is 14.2. The van der Waals surface area contributed by atoms with Gasteiger partial charge in [0.25, 0.3) is 11.6 Å². The highest BCUT2D eigenvalue weighted by atomic mass is 19.1. The van der Waals surface area contributed by atoms with E-state index in [1.807, 2.05) is 6.07 Å². The van der Waals surface area contributed by atoms with Crippen LogP contribution in [0.2, 0.25) is 0 Å². The summed E-state index contributed by atoms with van der Waals surface area (Å²) in [6.45, 7) is 1.79. The summed E-state index contributed by atoms with van der Waals surface area (Å²) >= 11 is 0. The van der Waals surface area contributed by atoms with E-state index in [2.05, 4.69) is 20.3 Å². The van der Waals surface area contributed by atoms with E-state index in [0.29, 0.717) is 34.7 Å². The van der Waals surface area contributed by atoms with Gasteiger partial charge in [-0.25, -0.2) is 9.37 Å². The molecule has 1 aliphatic rings. The second-order valence-electron chi connectivity index (χ2n) is 7.29. The Balaban J connectivity index is 1.40. The van der Waals surface area contributed by atoms with Crippen molar-refractivity contribution in [2.75, 3.05) is 0 Å². The smallest absolute Gasteiger partial charge is 0.257 e. The number of hydrogen-bond donors (Lipinski definition) is 0. The van der Waals surface area contributed by atoms with Crippen molar-refractivity contribution in [2.45, 2.75) is 44.6 Å². The summed E-state index contributed by atoms with van der Waals surface area (Å²) in [5.41, 5.74) is 2.18. The van der Waals surface area contributed by atoms with Gasteiger partial charge in [-0.15, -0.1) is 10.2 Å². The molecule has 1 atom stereocenters. The molecule has 3 heterocycles. The molecule has 0 amide bonds. The molecule has 8 heteroatoms. The van der Waals surface area contributed by atoms with E-state index in [9.17, 15) is 4.39 Å². The fourth-order valence-corrected chi connectivity index (χ4v) is 3.74. The molecule has 1 saturated carbocycles. The molecule has 0 aliphatic heterocycles. The number of ether oxygens (including phenoxy) is 1. The van der Waals surface area contributed by atoms with Crippen molar-refractivity contribution in [3.05, 3.63) is 53.9 Å². The molecule has 0 spiro atoms. The van der Waals surface area contributed by atoms with Crippen LogP contribution in [0.3, 0.4) is 0 Å². The van der Waals surface area contributed by atoms with Gasteiger partial charge in [0.2, 0.25) is 5.89 Å². The Morgan fingerprint density at radius 2 is 1.93 bits per heavy atom. The van der Waals surface area contributed by atoms with Crippen LogP contribution in [0.4, 0.5) is 4.39 Å². The van der Waals surface area contributed by atoms with Crippen LogP contribution in [0, 0.1) is 5.82 Å². The fourth-order valence-electron chi connectivity index (χ4n) is 3.74. The molecule has 4 aromatic rings. The van der Waals surface area contributed by atoms with Crippen LogP contribution in [0.25, 0.3) is 22.6 Å². The van der Waals surface area contributed by atoms with Crippen molar-refractivity contribution in [3.63, 3.8) is 0 Å². The standard InChI is InChI=1S/C21H19FN4O3/c1-12(27-16-8-6-15(22)7-9-16)19-24-25-20(28-19)14-10-17-18(13-4-2-3-5-13)26-29-21(17)23-11-14/h6-13H,2-5H2,1H3/t12-/m1/s1. The highest BCUT2D eigenvalue weighted by Crippen LogP contribution is 2.37. The predicted octanol–water partition coefficient (Wildman–Crippen LogP) is 5.21. The second-order valence-corrected chi connectivity index (χ2v) is 7.29. The molecule has 0 unspecified atom stereocenters. The van der Waals surface area contributed by atoms with Crippen LogP contribution in [0.5, 0.6) is 5.75 Å². The van der Waals surface area contributed by atoms with Crippen molar-refractivity contribution in [2.24, 2.45) is 0 Å². The van der Waals surface area contributed by atoms with Crippen molar-refractivity contribution in [1.29, 1.82) is 0 Å². The molecular weight excluding hydrogens is 375 g/mol. The summed E-state index contributed by atoms with van der Waals surface area (Å²) in [6, 6.07) is 7.72. The summed E-state index contributed by atoms with van der Waals surface area (Å²) in [4.78, 5) is 4.36. The van der Waals surface area contributed by atoms with Gasteiger partial charge in [-0.05, 0) is 50.1 Å². The highest BCUT2D eigenvalue weighted by molar-refractivity contribution is 5.80. The average molecular weight is 394 g/mol. The number of fused-ring (bicyclic) bond motifs is 1. The van der Waals surface area contributed by atoms with E-state index in [1.54, 1.807) is 25.3 Å². The maximum Gasteiger partial charge on any atom is 0.257 e. The third-order valence-corrected chi connectivity index (χ3v) is 5.26. The zero-order chi connectivity index (χ0) is 19.8. The molecule has 0 radical (unpaired) electrons. The molecule has 1 aliphatic carbocycles. The van der Waals surface area contributed by atoms with Gasteiger partial charge in [0.15, 0.2) is 6.10 Å². The summed E-state index contributed by atoms with van der Waals surface area (Å²) < 4.78 is 30.0. The number of aromatic nitrogens is 4. The van der Waals surface area contributed by atoms with Crippen molar-refractivity contribution < 1.29 is 18.1 Å². The monoisotopic (exact) mass is 394 g/mol. The minimum Gasteiger partial charge on any atom is -0.481 e. The van der Waals surface area contributed by atoms with E-state index in [1.165, 1.54) is 25.0 Å². The number of halogens is 1. The third kappa shape index (κ3) is 3.46. The van der Waals surface area contributed by atoms with Crippen LogP contribution in [0.15, 0.2) is 45.5 Å². The minimum atomic E-state index is -0.483. The summed E-state index contributed by atoms with van der Waals surface area (Å²) in [6.07, 6.45) is 5.82. The first-order valence-corrected chi connectivity index (χ1v) is 9.68. The molecule has 0 saturated heterocycles. The van der Waals surface area contributed by atoms with Crippen molar-refractivity contribution >= 4 is 11.1 Å². The van der Waals surface area contributed by atoms with Gasteiger partial charge in [0, 0.05) is 12.1 Å². The number of nitrogens with zero attached hydrogens (tertiary/aromatic N) is 4. The fraction of sp³-hybridized carbons (Fsp3) is 0.333. The lowest BCUT2D eigenvalue weighted by atomic mass is 10.0. The Bertz CT molecular complexity index is 1130. The zero-order valence-electron chi connectivity index (χ0n) is 15.8. The quantitative estimate of drug-likeness (QED) is 0.459. The molecule has 0 N–H and O–H groups in total. The second kappa shape index (κ2) is 7.27. The lowest BCUT2D eigenvalue weighted by Crippen LogP contribution is -2.03. The van der Waals surface area contributed by atoms with E-state index in [-0.39, 0.29) is 5.82 Å². The highest BCUT2D eigenvalue weighted by Gasteiger charge is 2.24. The van der Waals surface area contributed by atoms with Gasteiger partial charge in [0.1, 0.15) is 11.6 Å². The number of pyridine rings is 1. The molecule has 3 aromatic heterocycles. The van der Waals surface area contributed by atoms with Gasteiger partial charge in [-0.1, -0.05) is 18.0 Å². The maximum absolute atomic E-state index is 13.0. The van der Waals surface area contributed by atoms with E-state index < -0.39 is 6.10 Å². The molecule has 1 aromatic carbocycles. The van der Waals surface area contributed by atoms with Crippen LogP contribution in [0.1, 0.15) is 56.2 Å². The summed E-state index contributed by atoms with van der Waals surface area (Å²) in [5, 5.41) is 13.4. The van der Waals surface area contributed by atoms with Crippen molar-refractivity contribution in [1.82, 2.24) is 20.3 Å². The number of rotatable bonds is 5. The van der Waals surface area contributed by atoms with E-state index in [4.69, 9.17) is 13.7 Å². The molecule has 29 heavy (non-hydrogen) atoms.